The summed E-state index contributed by atoms with van der Waals surface area (Å²) in [6, 6.07) is 25.7. The first-order valence-electron chi connectivity index (χ1n) is 13.1. The molecule has 0 fully saturated rings. The smallest absolute Gasteiger partial charge is 0.121 e. The molecule has 2 aromatic heterocycles. The Hall–Kier alpha value is -4.52. The summed E-state index contributed by atoms with van der Waals surface area (Å²) in [5.74, 6) is 0.249. The lowest BCUT2D eigenvalue weighted by Crippen LogP contribution is -2.07. The number of hydrogen-bond acceptors (Lipinski definition) is 5. The molecular weight excluding hydrogens is 472 g/mol. The van der Waals surface area contributed by atoms with Gasteiger partial charge in [0.1, 0.15) is 27.8 Å². The third kappa shape index (κ3) is 5.00. The average molecular weight is 505 g/mol. The van der Waals surface area contributed by atoms with Crippen molar-refractivity contribution in [3.8, 4) is 17.1 Å². The van der Waals surface area contributed by atoms with E-state index in [-0.39, 0.29) is 5.75 Å². The summed E-state index contributed by atoms with van der Waals surface area (Å²) in [6.07, 6.45) is 2.57. The lowest BCUT2D eigenvalue weighted by molar-refractivity contribution is 0.467. The van der Waals surface area contributed by atoms with E-state index in [0.717, 1.165) is 55.7 Å². The first-order valence-corrected chi connectivity index (χ1v) is 13.1. The molecule has 0 saturated heterocycles. The van der Waals surface area contributed by atoms with Gasteiger partial charge in [0.2, 0.25) is 0 Å². The zero-order chi connectivity index (χ0) is 26.6. The van der Waals surface area contributed by atoms with Gasteiger partial charge in [0, 0.05) is 12.5 Å². The van der Waals surface area contributed by atoms with Crippen LogP contribution in [0.1, 0.15) is 49.4 Å². The van der Waals surface area contributed by atoms with Crippen LogP contribution in [0.25, 0.3) is 33.4 Å². The first-order chi connectivity index (χ1) is 18.5. The number of fused-ring (bicyclic) bond motifs is 2. The summed E-state index contributed by atoms with van der Waals surface area (Å²) in [5, 5.41) is 29.5. The summed E-state index contributed by atoms with van der Waals surface area (Å²) < 4.78 is 0. The van der Waals surface area contributed by atoms with Crippen LogP contribution in [0.5, 0.6) is 5.75 Å². The molecule has 2 heterocycles. The van der Waals surface area contributed by atoms with E-state index in [9.17, 15) is 5.11 Å². The van der Waals surface area contributed by atoms with Crippen LogP contribution in [0, 0.1) is 6.92 Å². The largest absolute Gasteiger partial charge is 0.508 e. The van der Waals surface area contributed by atoms with Crippen molar-refractivity contribution in [1.82, 2.24) is 30.0 Å². The second-order valence-corrected chi connectivity index (χ2v) is 9.43. The van der Waals surface area contributed by atoms with Crippen molar-refractivity contribution in [3.05, 3.63) is 101 Å². The Labute approximate surface area is 222 Å². The monoisotopic (exact) mass is 504 g/mol. The van der Waals surface area contributed by atoms with Crippen LogP contribution in [0.2, 0.25) is 0 Å². The first kappa shape index (κ1) is 25.1. The number of aromatic hydroxyl groups is 1. The summed E-state index contributed by atoms with van der Waals surface area (Å²) in [5.41, 5.74) is 9.13. The van der Waals surface area contributed by atoms with Crippen LogP contribution in [-0.4, -0.2) is 35.1 Å². The highest BCUT2D eigenvalue weighted by molar-refractivity contribution is 5.74. The van der Waals surface area contributed by atoms with E-state index in [4.69, 9.17) is 10.2 Å². The minimum atomic E-state index is 0.249. The van der Waals surface area contributed by atoms with Crippen LogP contribution < -0.4 is 0 Å². The van der Waals surface area contributed by atoms with Crippen molar-refractivity contribution in [3.63, 3.8) is 0 Å². The van der Waals surface area contributed by atoms with E-state index in [0.29, 0.717) is 12.8 Å². The molecule has 0 radical (unpaired) electrons. The molecule has 0 aliphatic heterocycles. The highest BCUT2D eigenvalue weighted by atomic mass is 16.3. The number of phenolic OH excluding ortho intramolecular Hbond substituents is 1. The Bertz CT molecular complexity index is 1650. The third-order valence-electron chi connectivity index (χ3n) is 6.29. The van der Waals surface area contributed by atoms with Crippen molar-refractivity contribution < 1.29 is 5.11 Å². The van der Waals surface area contributed by atoms with Gasteiger partial charge in [-0.15, -0.1) is 20.4 Å². The molecule has 192 valence electrons. The normalized spacial score (nSPS) is 11.1. The molecule has 7 heteroatoms. The van der Waals surface area contributed by atoms with Crippen LogP contribution in [0.15, 0.2) is 78.9 Å². The molecule has 4 aromatic carbocycles. The minimum Gasteiger partial charge on any atom is -0.508 e. The summed E-state index contributed by atoms with van der Waals surface area (Å²) in [6.45, 7) is 8.38. The van der Waals surface area contributed by atoms with E-state index < -0.39 is 0 Å². The van der Waals surface area contributed by atoms with E-state index in [1.807, 2.05) is 48.5 Å². The fraction of sp³-hybridized carbons (Fsp3) is 0.226. The van der Waals surface area contributed by atoms with Gasteiger partial charge in [-0.25, -0.2) is 0 Å². The topological polar surface area (TPSA) is 81.6 Å². The Morgan fingerprint density at radius 3 is 1.71 bits per heavy atom. The molecule has 0 aliphatic carbocycles. The van der Waals surface area contributed by atoms with Crippen LogP contribution >= 0.6 is 0 Å². The van der Waals surface area contributed by atoms with E-state index >= 15 is 0 Å². The molecule has 0 amide bonds. The fourth-order valence-electron chi connectivity index (χ4n) is 4.58. The second-order valence-electron chi connectivity index (χ2n) is 9.43. The number of rotatable bonds is 5. The predicted octanol–water partition coefficient (Wildman–Crippen LogP) is 6.74. The zero-order valence-corrected chi connectivity index (χ0v) is 22.3. The SMILES string of the molecule is CCC.CCc1c(O)cc(-n2nc3ccccc3n2)cc1Cc1cc(C)ccc1-n1nc2ccccc2n1. The van der Waals surface area contributed by atoms with Gasteiger partial charge in [0.05, 0.1) is 11.4 Å². The van der Waals surface area contributed by atoms with Gasteiger partial charge in [-0.3, -0.25) is 0 Å². The third-order valence-corrected chi connectivity index (χ3v) is 6.29. The van der Waals surface area contributed by atoms with Crippen molar-refractivity contribution in [2.75, 3.05) is 0 Å². The molecule has 38 heavy (non-hydrogen) atoms. The average Bonchev–Trinajstić information content (AvgIpc) is 3.53. The molecule has 0 atom stereocenters. The van der Waals surface area contributed by atoms with Gasteiger partial charge >= 0.3 is 0 Å². The number of phenols is 1. The van der Waals surface area contributed by atoms with E-state index in [1.54, 1.807) is 15.7 Å². The van der Waals surface area contributed by atoms with Gasteiger partial charge in [-0.05, 0) is 66.4 Å². The van der Waals surface area contributed by atoms with Crippen molar-refractivity contribution in [2.45, 2.75) is 47.0 Å². The second kappa shape index (κ2) is 10.8. The molecule has 0 aliphatic rings. The maximum absolute atomic E-state index is 10.9. The fourth-order valence-corrected chi connectivity index (χ4v) is 4.58. The lowest BCUT2D eigenvalue weighted by atomic mass is 9.95. The Kier molecular flexibility index (Phi) is 7.18. The maximum Gasteiger partial charge on any atom is 0.121 e. The predicted molar refractivity (Wildman–Crippen MR) is 152 cm³/mol. The number of hydrogen-bond donors (Lipinski definition) is 1. The van der Waals surface area contributed by atoms with Crippen molar-refractivity contribution in [2.24, 2.45) is 0 Å². The van der Waals surface area contributed by atoms with E-state index in [1.165, 1.54) is 6.42 Å². The highest BCUT2D eigenvalue weighted by Gasteiger charge is 2.16. The molecule has 1 N–H and O–H groups in total. The number of aryl methyl sites for hydroxylation is 1. The van der Waals surface area contributed by atoms with E-state index in [2.05, 4.69) is 62.2 Å². The molecule has 6 rings (SSSR count). The molecule has 0 unspecified atom stereocenters. The van der Waals surface area contributed by atoms with Gasteiger partial charge in [-0.1, -0.05) is 69.2 Å². The minimum absolute atomic E-state index is 0.249. The Morgan fingerprint density at radius 2 is 1.18 bits per heavy atom. The number of benzene rings is 4. The van der Waals surface area contributed by atoms with Gasteiger partial charge in [0.25, 0.3) is 0 Å². The summed E-state index contributed by atoms with van der Waals surface area (Å²) in [7, 11) is 0. The van der Waals surface area contributed by atoms with Crippen molar-refractivity contribution in [1.29, 1.82) is 0 Å². The summed E-state index contributed by atoms with van der Waals surface area (Å²) in [4.78, 5) is 3.29. The Morgan fingerprint density at radius 1 is 0.658 bits per heavy atom. The van der Waals surface area contributed by atoms with Gasteiger partial charge in [-0.2, -0.15) is 9.59 Å². The summed E-state index contributed by atoms with van der Waals surface area (Å²) >= 11 is 0. The van der Waals surface area contributed by atoms with Crippen molar-refractivity contribution >= 4 is 22.1 Å². The molecule has 6 aromatic rings. The van der Waals surface area contributed by atoms with Crippen LogP contribution in [-0.2, 0) is 12.8 Å². The quantitative estimate of drug-likeness (QED) is 0.281. The van der Waals surface area contributed by atoms with Crippen LogP contribution in [0.4, 0.5) is 0 Å². The molecular formula is C31H32N6O. The maximum atomic E-state index is 10.9. The van der Waals surface area contributed by atoms with Gasteiger partial charge in [0.15, 0.2) is 0 Å². The zero-order valence-electron chi connectivity index (χ0n) is 22.3. The molecule has 7 nitrogen and oxygen atoms in total. The Balaban J connectivity index is 0.000000937. The van der Waals surface area contributed by atoms with Gasteiger partial charge < -0.3 is 5.11 Å². The standard InChI is InChI=1S/C28H24N6O.C3H8/c1-3-22-19(16-21(17-28(22)35)33-29-23-8-4-5-9-24(23)30-33)15-20-14-18(2)12-13-27(20)34-31-25-10-6-7-11-26(25)32-34;1-3-2/h4-14,16-17,35H,3,15H2,1-2H3;3H2,1-2H3. The molecule has 0 bridgehead atoms. The van der Waals surface area contributed by atoms with Crippen LogP contribution in [0.3, 0.4) is 0 Å². The molecule has 0 spiro atoms. The molecule has 0 saturated carbocycles. The number of nitrogens with zero attached hydrogens (tertiary/aromatic N) is 6. The number of aromatic nitrogens is 6. The highest BCUT2D eigenvalue weighted by Crippen LogP contribution is 2.30. The lowest BCUT2D eigenvalue weighted by Gasteiger charge is -2.15.